The monoisotopic (exact) mass is 416 g/mol. The summed E-state index contributed by atoms with van der Waals surface area (Å²) in [6.07, 6.45) is 6.72. The quantitative estimate of drug-likeness (QED) is 0.462. The summed E-state index contributed by atoms with van der Waals surface area (Å²) in [5, 5.41) is 0. The van der Waals surface area contributed by atoms with Crippen LogP contribution in [0, 0.1) is 24.0 Å². The largest absolute Gasteiger partial charge is 1.00 e. The minimum atomic E-state index is 0. The van der Waals surface area contributed by atoms with Crippen molar-refractivity contribution >= 4 is 4.21 Å². The molecule has 0 radical (unpaired) electrons. The zero-order valence-corrected chi connectivity index (χ0v) is 19.1. The van der Waals surface area contributed by atoms with Crippen LogP contribution in [0.3, 0.4) is 0 Å². The minimum Gasteiger partial charge on any atom is -1.00 e. The van der Waals surface area contributed by atoms with Crippen LogP contribution in [0.15, 0.2) is 33.4 Å². The van der Waals surface area contributed by atoms with Crippen molar-refractivity contribution in [1.29, 1.82) is 0 Å². The van der Waals surface area contributed by atoms with Crippen LogP contribution in [0.25, 0.3) is 0 Å². The third-order valence-corrected chi connectivity index (χ3v) is 4.47. The van der Waals surface area contributed by atoms with Crippen molar-refractivity contribution in [2.24, 2.45) is 11.8 Å². The van der Waals surface area contributed by atoms with Gasteiger partial charge in [-0.2, -0.15) is 22.3 Å². The Morgan fingerprint density at radius 3 is 0.955 bits per heavy atom. The molecule has 0 aliphatic heterocycles. The molecule has 2 aliphatic rings. The van der Waals surface area contributed by atoms with E-state index in [0.29, 0.717) is 11.8 Å². The average Bonchev–Trinajstić information content (AvgIpc) is 2.78. The first-order valence-electron chi connectivity index (χ1n) is 7.16. The fourth-order valence-electron chi connectivity index (χ4n) is 2.32. The topological polar surface area (TPSA) is 0 Å². The van der Waals surface area contributed by atoms with E-state index in [0.717, 1.165) is 0 Å². The van der Waals surface area contributed by atoms with E-state index in [9.17, 15) is 0 Å². The summed E-state index contributed by atoms with van der Waals surface area (Å²) in [5.41, 5.74) is 8.49. The van der Waals surface area contributed by atoms with Gasteiger partial charge in [-0.05, 0) is 0 Å². The van der Waals surface area contributed by atoms with Gasteiger partial charge in [0.1, 0.15) is 0 Å². The second-order valence-electron chi connectivity index (χ2n) is 5.60. The fraction of sp³-hybridized carbons (Fsp3) is 0.526. The molecule has 0 saturated carbocycles. The summed E-state index contributed by atoms with van der Waals surface area (Å²) < 4.78 is 3.34. The number of hydrogen-bond donors (Lipinski definition) is 0. The molecular weight excluding hydrogens is 390 g/mol. The number of allylic oxidation sites excluding steroid dienone is 8. The van der Waals surface area contributed by atoms with E-state index < -0.39 is 0 Å². The molecule has 0 heterocycles. The van der Waals surface area contributed by atoms with E-state index in [-0.39, 0.29) is 24.8 Å². The van der Waals surface area contributed by atoms with Gasteiger partial charge in [-0.25, -0.2) is 11.1 Å². The Morgan fingerprint density at radius 2 is 0.909 bits per heavy atom. The molecule has 0 aromatic carbocycles. The van der Waals surface area contributed by atoms with E-state index in [1.807, 2.05) is 0 Å². The first-order chi connectivity index (χ1) is 9.25. The van der Waals surface area contributed by atoms with E-state index in [1.165, 1.54) is 57.7 Å². The minimum absolute atomic E-state index is 0. The third-order valence-electron chi connectivity index (χ3n) is 4.47. The molecule has 22 heavy (non-hydrogen) atoms. The van der Waals surface area contributed by atoms with Crippen molar-refractivity contribution in [3.63, 3.8) is 0 Å². The van der Waals surface area contributed by atoms with Gasteiger partial charge in [-0.1, -0.05) is 53.4 Å². The normalized spacial score (nSPS) is 22.5. The Balaban J connectivity index is -0.000000273. The zero-order chi connectivity index (χ0) is 16.0. The maximum absolute atomic E-state index is 3.36. The summed E-state index contributed by atoms with van der Waals surface area (Å²) in [6, 6.07) is 0. The van der Waals surface area contributed by atoms with Crippen LogP contribution in [0.5, 0.6) is 0 Å². The van der Waals surface area contributed by atoms with Crippen LogP contribution >= 0.6 is 0 Å². The van der Waals surface area contributed by atoms with E-state index in [2.05, 4.69) is 71.8 Å². The van der Waals surface area contributed by atoms with Gasteiger partial charge in [0.2, 0.25) is 0 Å². The van der Waals surface area contributed by atoms with Crippen LogP contribution < -0.4 is 24.8 Å². The first-order valence-corrected chi connectivity index (χ1v) is 8.90. The SMILES string of the molecule is CC1=[C-]C(C)C(C)=C1C.CC1=[C-]C(C)C(C)=C1C.[CH2]=[Zr+2].[Cl-].[Cl-]. The number of halogens is 2. The average molecular weight is 419 g/mol. The van der Waals surface area contributed by atoms with Crippen molar-refractivity contribution in [2.75, 3.05) is 0 Å². The van der Waals surface area contributed by atoms with Crippen LogP contribution in [-0.4, -0.2) is 4.21 Å². The van der Waals surface area contributed by atoms with Gasteiger partial charge in [0.05, 0.1) is 0 Å². The molecule has 124 valence electrons. The molecule has 2 atom stereocenters. The van der Waals surface area contributed by atoms with Gasteiger partial charge in [0, 0.05) is 0 Å². The van der Waals surface area contributed by atoms with Crippen molar-refractivity contribution in [2.45, 2.75) is 55.4 Å². The van der Waals surface area contributed by atoms with Gasteiger partial charge >= 0.3 is 28.4 Å². The second-order valence-corrected chi connectivity index (χ2v) is 5.60. The Hall–Kier alpha value is 0.293. The molecular formula is C19H28Cl2Zr-2. The van der Waals surface area contributed by atoms with Gasteiger partial charge in [0.25, 0.3) is 0 Å². The molecule has 2 unspecified atom stereocenters. The summed E-state index contributed by atoms with van der Waals surface area (Å²) >= 11 is 1.30. The molecule has 0 nitrogen and oxygen atoms in total. The first kappa shape index (κ1) is 27.2. The molecule has 2 rings (SSSR count). The summed E-state index contributed by atoms with van der Waals surface area (Å²) in [5.74, 6) is 1.12. The van der Waals surface area contributed by atoms with Crippen molar-refractivity contribution in [1.82, 2.24) is 0 Å². The molecule has 0 N–H and O–H groups in total. The summed E-state index contributed by atoms with van der Waals surface area (Å²) in [7, 11) is 0. The molecule has 2 aliphatic carbocycles. The van der Waals surface area contributed by atoms with Crippen molar-refractivity contribution < 1.29 is 49.0 Å². The van der Waals surface area contributed by atoms with Crippen LogP contribution in [0.4, 0.5) is 0 Å². The molecule has 0 spiro atoms. The van der Waals surface area contributed by atoms with Gasteiger partial charge in [-0.15, -0.1) is 13.8 Å². The van der Waals surface area contributed by atoms with E-state index >= 15 is 0 Å². The Labute approximate surface area is 165 Å². The molecule has 0 amide bonds. The molecule has 0 fully saturated rings. The Morgan fingerprint density at radius 1 is 0.682 bits per heavy atom. The maximum atomic E-state index is 3.36. The van der Waals surface area contributed by atoms with Crippen LogP contribution in [-0.2, 0) is 24.2 Å². The number of hydrogen-bond acceptors (Lipinski definition) is 0. The van der Waals surface area contributed by atoms with Crippen molar-refractivity contribution in [3.8, 4) is 0 Å². The van der Waals surface area contributed by atoms with E-state index in [1.54, 1.807) is 0 Å². The summed E-state index contributed by atoms with van der Waals surface area (Å²) in [4.78, 5) is 0. The predicted octanol–water partition coefficient (Wildman–Crippen LogP) is -0.583. The smallest absolute Gasteiger partial charge is 1.00 e. The number of rotatable bonds is 0. The molecule has 0 bridgehead atoms. The van der Waals surface area contributed by atoms with Crippen LogP contribution in [0.1, 0.15) is 55.4 Å². The third kappa shape index (κ3) is 7.24. The van der Waals surface area contributed by atoms with Gasteiger partial charge < -0.3 is 24.8 Å². The Kier molecular flexibility index (Phi) is 15.7. The Bertz CT molecular complexity index is 438. The molecule has 0 aromatic heterocycles. The second kappa shape index (κ2) is 12.7. The molecule has 0 saturated heterocycles. The van der Waals surface area contributed by atoms with E-state index in [4.69, 9.17) is 0 Å². The zero-order valence-electron chi connectivity index (χ0n) is 15.1. The molecule has 3 heteroatoms. The summed E-state index contributed by atoms with van der Waals surface area (Å²) in [6.45, 7) is 17.3. The fourth-order valence-corrected chi connectivity index (χ4v) is 2.32. The van der Waals surface area contributed by atoms with Crippen LogP contribution in [0.2, 0.25) is 0 Å². The predicted molar refractivity (Wildman–Crippen MR) is 87.1 cm³/mol. The van der Waals surface area contributed by atoms with Gasteiger partial charge in [-0.3, -0.25) is 12.2 Å². The molecule has 0 aromatic rings. The van der Waals surface area contributed by atoms with Crippen molar-refractivity contribution in [3.05, 3.63) is 45.6 Å². The van der Waals surface area contributed by atoms with Gasteiger partial charge in [0.15, 0.2) is 0 Å². The standard InChI is InChI=1S/2C9H13.CH2.2ClH.Zr/c2*1-6-5-7(2)9(4)8(6)3;;;;/h2*6H,1-4H3;1H2;2*1H;/q2*-1;;;;+2/p-2. The maximum Gasteiger partial charge on any atom is -1.00 e.